The van der Waals surface area contributed by atoms with Crippen LogP contribution in [0.25, 0.3) is 99.7 Å². The van der Waals surface area contributed by atoms with Gasteiger partial charge < -0.3 is 9.13 Å². The Morgan fingerprint density at radius 3 is 1.41 bits per heavy atom. The third-order valence-corrected chi connectivity index (χ3v) is 10.7. The Kier molecular flexibility index (Phi) is 6.82. The maximum atomic E-state index is 5.36. The lowest BCUT2D eigenvalue weighted by Gasteiger charge is -2.14. The van der Waals surface area contributed by atoms with Crippen molar-refractivity contribution in [2.45, 2.75) is 0 Å². The van der Waals surface area contributed by atoms with E-state index in [0.717, 1.165) is 56.0 Å². The Hall–Kier alpha value is -7.30. The predicted octanol–water partition coefficient (Wildman–Crippen LogP) is 12.8. The third kappa shape index (κ3) is 4.70. The first-order valence-electron chi connectivity index (χ1n) is 18.3. The lowest BCUT2D eigenvalue weighted by molar-refractivity contribution is 1.17. The van der Waals surface area contributed by atoms with Gasteiger partial charge >= 0.3 is 0 Å². The second-order valence-electron chi connectivity index (χ2n) is 13.8. The molecular weight excluding hydrogens is 657 g/mol. The summed E-state index contributed by atoms with van der Waals surface area (Å²) in [7, 11) is 0. The van der Waals surface area contributed by atoms with Crippen LogP contribution in [0.2, 0.25) is 0 Å². The van der Waals surface area contributed by atoms with E-state index in [1.807, 2.05) is 12.1 Å². The van der Waals surface area contributed by atoms with Gasteiger partial charge in [0.25, 0.3) is 0 Å². The molecule has 0 saturated carbocycles. The lowest BCUT2D eigenvalue weighted by Crippen LogP contribution is -1.98. The smallest absolute Gasteiger partial charge is 0.0973 e. The molecule has 11 aromatic rings. The fourth-order valence-electron chi connectivity index (χ4n) is 8.26. The lowest BCUT2D eigenvalue weighted by atomic mass is 10.0. The first kappa shape index (κ1) is 30.3. The summed E-state index contributed by atoms with van der Waals surface area (Å²) in [6, 6.07) is 68.8. The van der Waals surface area contributed by atoms with Gasteiger partial charge in [0.05, 0.1) is 44.5 Å². The summed E-state index contributed by atoms with van der Waals surface area (Å²) in [6.45, 7) is 0. The van der Waals surface area contributed by atoms with Gasteiger partial charge in [-0.25, -0.2) is 9.97 Å². The van der Waals surface area contributed by atoms with Crippen molar-refractivity contribution in [2.75, 3.05) is 0 Å². The van der Waals surface area contributed by atoms with Crippen LogP contribution in [0.3, 0.4) is 0 Å². The molecule has 11 rings (SSSR count). The van der Waals surface area contributed by atoms with E-state index >= 15 is 0 Å². The molecule has 0 fully saturated rings. The number of rotatable bonds is 5. The topological polar surface area (TPSA) is 35.6 Å². The van der Waals surface area contributed by atoms with Gasteiger partial charge in [-0.2, -0.15) is 0 Å². The van der Waals surface area contributed by atoms with Crippen molar-refractivity contribution in [3.05, 3.63) is 194 Å². The van der Waals surface area contributed by atoms with Gasteiger partial charge in [0.2, 0.25) is 0 Å². The molecule has 252 valence electrons. The molecule has 54 heavy (non-hydrogen) atoms. The highest BCUT2D eigenvalue weighted by Crippen LogP contribution is 2.40. The van der Waals surface area contributed by atoms with Gasteiger partial charge in [-0.3, -0.25) is 0 Å². The molecule has 8 aromatic carbocycles. The standard InChI is InChI=1S/C50H32N4/c1-4-15-33(16-5-1)38-23-14-24-43-50(38)52-49(34-17-6-2-7-18-34)48(51-43)35-27-29-37(30-28-35)54-45-26-13-11-22-40(45)42-31-46-41(32-47(42)54)39-21-10-12-25-44(39)53(46)36-19-8-3-9-20-36/h1-32H. The van der Waals surface area contributed by atoms with Crippen LogP contribution in [0, 0.1) is 0 Å². The van der Waals surface area contributed by atoms with Gasteiger partial charge in [-0.15, -0.1) is 0 Å². The first-order valence-corrected chi connectivity index (χ1v) is 18.3. The van der Waals surface area contributed by atoms with Crippen molar-refractivity contribution in [3.63, 3.8) is 0 Å². The molecule has 0 N–H and O–H groups in total. The number of para-hydroxylation sites is 4. The Bertz CT molecular complexity index is 3180. The predicted molar refractivity (Wildman–Crippen MR) is 225 cm³/mol. The maximum Gasteiger partial charge on any atom is 0.0973 e. The maximum absolute atomic E-state index is 5.36. The van der Waals surface area contributed by atoms with Crippen LogP contribution in [0.5, 0.6) is 0 Å². The van der Waals surface area contributed by atoms with Crippen LogP contribution in [-0.2, 0) is 0 Å². The molecule has 3 heterocycles. The summed E-state index contributed by atoms with van der Waals surface area (Å²) in [5, 5.41) is 4.92. The number of hydrogen-bond acceptors (Lipinski definition) is 2. The molecule has 3 aromatic heterocycles. The number of nitrogens with zero attached hydrogens (tertiary/aromatic N) is 4. The van der Waals surface area contributed by atoms with E-state index in [2.05, 4.69) is 191 Å². The minimum atomic E-state index is 0.864. The van der Waals surface area contributed by atoms with Gasteiger partial charge in [-0.1, -0.05) is 140 Å². The zero-order valence-corrected chi connectivity index (χ0v) is 29.3. The van der Waals surface area contributed by atoms with Gasteiger partial charge in [-0.05, 0) is 60.2 Å². The number of benzene rings is 8. The minimum Gasteiger partial charge on any atom is -0.309 e. The molecule has 0 radical (unpaired) electrons. The summed E-state index contributed by atoms with van der Waals surface area (Å²) < 4.78 is 4.79. The highest BCUT2D eigenvalue weighted by Gasteiger charge is 2.20. The monoisotopic (exact) mass is 688 g/mol. The minimum absolute atomic E-state index is 0.864. The highest BCUT2D eigenvalue weighted by molar-refractivity contribution is 6.19. The molecule has 0 aliphatic carbocycles. The van der Waals surface area contributed by atoms with Crippen LogP contribution in [0.1, 0.15) is 0 Å². The van der Waals surface area contributed by atoms with Crippen LogP contribution >= 0.6 is 0 Å². The van der Waals surface area contributed by atoms with E-state index < -0.39 is 0 Å². The van der Waals surface area contributed by atoms with Gasteiger partial charge in [0.1, 0.15) is 0 Å². The van der Waals surface area contributed by atoms with Crippen LogP contribution < -0.4 is 0 Å². The van der Waals surface area contributed by atoms with Crippen molar-refractivity contribution in [1.29, 1.82) is 0 Å². The van der Waals surface area contributed by atoms with Crippen LogP contribution in [-0.4, -0.2) is 19.1 Å². The average Bonchev–Trinajstić information content (AvgIpc) is 3.75. The van der Waals surface area contributed by atoms with Gasteiger partial charge in [0.15, 0.2) is 0 Å². The normalized spacial score (nSPS) is 11.7. The zero-order chi connectivity index (χ0) is 35.6. The molecule has 0 amide bonds. The number of aromatic nitrogens is 4. The molecule has 4 nitrogen and oxygen atoms in total. The van der Waals surface area contributed by atoms with E-state index in [1.54, 1.807) is 0 Å². The summed E-state index contributed by atoms with van der Waals surface area (Å²) >= 11 is 0. The van der Waals surface area contributed by atoms with Crippen molar-refractivity contribution in [1.82, 2.24) is 19.1 Å². The van der Waals surface area contributed by atoms with Crippen LogP contribution in [0.15, 0.2) is 194 Å². The Morgan fingerprint density at radius 1 is 0.315 bits per heavy atom. The van der Waals surface area contributed by atoms with Crippen LogP contribution in [0.4, 0.5) is 0 Å². The second-order valence-corrected chi connectivity index (χ2v) is 13.8. The van der Waals surface area contributed by atoms with E-state index in [9.17, 15) is 0 Å². The third-order valence-electron chi connectivity index (χ3n) is 10.7. The summed E-state index contributed by atoms with van der Waals surface area (Å²) in [6.07, 6.45) is 0. The quantitative estimate of drug-likeness (QED) is 0.180. The Balaban J connectivity index is 1.11. The summed E-state index contributed by atoms with van der Waals surface area (Å²) in [4.78, 5) is 10.7. The molecule has 0 saturated heterocycles. The number of fused-ring (bicyclic) bond motifs is 7. The molecule has 0 aliphatic heterocycles. The van der Waals surface area contributed by atoms with Gasteiger partial charge in [0, 0.05) is 49.6 Å². The second kappa shape index (κ2) is 12.1. The van der Waals surface area contributed by atoms with Crippen molar-refractivity contribution in [2.24, 2.45) is 0 Å². The first-order chi connectivity index (χ1) is 26.8. The fraction of sp³-hybridized carbons (Fsp3) is 0. The zero-order valence-electron chi connectivity index (χ0n) is 29.3. The van der Waals surface area contributed by atoms with Crippen molar-refractivity contribution >= 4 is 54.6 Å². The Labute approximate surface area is 311 Å². The molecule has 4 heteroatoms. The SMILES string of the molecule is c1ccc(-c2nc3c(-c4ccccc4)cccc3nc2-c2ccc(-n3c4ccccc4c4cc5c(cc43)c3ccccc3n5-c3ccccc3)cc2)cc1. The Morgan fingerprint density at radius 2 is 0.796 bits per heavy atom. The van der Waals surface area contributed by atoms with Crippen molar-refractivity contribution in [3.8, 4) is 45.0 Å². The van der Waals surface area contributed by atoms with E-state index in [-0.39, 0.29) is 0 Å². The molecular formula is C50H32N4. The van der Waals surface area contributed by atoms with Crippen molar-refractivity contribution < 1.29 is 0 Å². The van der Waals surface area contributed by atoms with E-state index in [0.29, 0.717) is 0 Å². The average molecular weight is 689 g/mol. The molecule has 0 unspecified atom stereocenters. The van der Waals surface area contributed by atoms with E-state index in [1.165, 1.54) is 43.6 Å². The summed E-state index contributed by atoms with van der Waals surface area (Å²) in [5.41, 5.74) is 14.8. The fourth-order valence-corrected chi connectivity index (χ4v) is 8.26. The summed E-state index contributed by atoms with van der Waals surface area (Å²) in [5.74, 6) is 0. The molecule has 0 bridgehead atoms. The highest BCUT2D eigenvalue weighted by atomic mass is 15.0. The molecule has 0 aliphatic rings. The number of hydrogen-bond donors (Lipinski definition) is 0. The van der Waals surface area contributed by atoms with E-state index in [4.69, 9.17) is 9.97 Å². The molecule has 0 spiro atoms. The largest absolute Gasteiger partial charge is 0.309 e. The molecule has 0 atom stereocenters.